The summed E-state index contributed by atoms with van der Waals surface area (Å²) in [7, 11) is 0. The third kappa shape index (κ3) is 2.74. The van der Waals surface area contributed by atoms with Gasteiger partial charge in [0.05, 0.1) is 16.3 Å². The van der Waals surface area contributed by atoms with Gasteiger partial charge in [0.1, 0.15) is 5.15 Å². The minimum atomic E-state index is -0.564. The van der Waals surface area contributed by atoms with E-state index in [0.717, 1.165) is 5.69 Å². The highest BCUT2D eigenvalue weighted by atomic mass is 35.5. The van der Waals surface area contributed by atoms with Crippen molar-refractivity contribution >= 4 is 23.2 Å². The Labute approximate surface area is 111 Å². The van der Waals surface area contributed by atoms with E-state index in [-0.39, 0.29) is 5.92 Å². The van der Waals surface area contributed by atoms with Crippen molar-refractivity contribution < 1.29 is 5.11 Å². The van der Waals surface area contributed by atoms with Crippen molar-refractivity contribution in [1.82, 2.24) is 9.88 Å². The summed E-state index contributed by atoms with van der Waals surface area (Å²) in [5, 5.41) is 11.2. The van der Waals surface area contributed by atoms with Gasteiger partial charge in [0.2, 0.25) is 0 Å². The quantitative estimate of drug-likeness (QED) is 0.861. The predicted octanol–water partition coefficient (Wildman–Crippen LogP) is 2.59. The molecular formula is C12H16Cl2N2O. The molecule has 2 heterocycles. The van der Waals surface area contributed by atoms with Crippen LogP contribution in [0.3, 0.4) is 0 Å². The molecule has 0 atom stereocenters. The van der Waals surface area contributed by atoms with Gasteiger partial charge in [-0.25, -0.2) is 4.98 Å². The summed E-state index contributed by atoms with van der Waals surface area (Å²) in [6.45, 7) is 6.02. The second kappa shape index (κ2) is 4.73. The lowest BCUT2D eigenvalue weighted by molar-refractivity contribution is -0.131. The molecule has 3 nitrogen and oxygen atoms in total. The molecule has 94 valence electrons. The second-order valence-corrected chi connectivity index (χ2v) is 5.76. The Morgan fingerprint density at radius 3 is 2.65 bits per heavy atom. The van der Waals surface area contributed by atoms with Crippen LogP contribution in [0.15, 0.2) is 12.1 Å². The SMILES string of the molecule is CC(C)C1(O)CN(Cc2nc(Cl)ccc2Cl)C1. The average Bonchev–Trinajstić information content (AvgIpc) is 2.20. The lowest BCUT2D eigenvalue weighted by Gasteiger charge is -2.49. The van der Waals surface area contributed by atoms with Gasteiger partial charge in [-0.2, -0.15) is 0 Å². The third-order valence-corrected chi connectivity index (χ3v) is 3.88. The number of hydrogen-bond donors (Lipinski definition) is 1. The molecule has 0 aliphatic carbocycles. The summed E-state index contributed by atoms with van der Waals surface area (Å²) >= 11 is 11.9. The van der Waals surface area contributed by atoms with Crippen molar-refractivity contribution in [2.45, 2.75) is 26.0 Å². The van der Waals surface area contributed by atoms with Gasteiger partial charge >= 0.3 is 0 Å². The van der Waals surface area contributed by atoms with Gasteiger partial charge in [0.25, 0.3) is 0 Å². The van der Waals surface area contributed by atoms with E-state index in [4.69, 9.17) is 23.2 Å². The average molecular weight is 275 g/mol. The van der Waals surface area contributed by atoms with E-state index in [1.54, 1.807) is 12.1 Å². The monoisotopic (exact) mass is 274 g/mol. The molecule has 17 heavy (non-hydrogen) atoms. The minimum absolute atomic E-state index is 0.265. The molecule has 5 heteroatoms. The molecule has 1 aromatic heterocycles. The first kappa shape index (κ1) is 13.1. The van der Waals surface area contributed by atoms with Crippen molar-refractivity contribution in [2.75, 3.05) is 13.1 Å². The third-order valence-electron chi connectivity index (χ3n) is 3.33. The number of likely N-dealkylation sites (tertiary alicyclic amines) is 1. The topological polar surface area (TPSA) is 36.4 Å². The molecule has 0 amide bonds. The van der Waals surface area contributed by atoms with Crippen LogP contribution >= 0.6 is 23.2 Å². The first-order valence-electron chi connectivity index (χ1n) is 5.66. The summed E-state index contributed by atoms with van der Waals surface area (Å²) in [4.78, 5) is 6.31. The number of halogens is 2. The van der Waals surface area contributed by atoms with Gasteiger partial charge < -0.3 is 5.11 Å². The Balaban J connectivity index is 1.98. The number of rotatable bonds is 3. The zero-order valence-corrected chi connectivity index (χ0v) is 11.5. The Morgan fingerprint density at radius 2 is 2.06 bits per heavy atom. The summed E-state index contributed by atoms with van der Waals surface area (Å²) in [5.41, 5.74) is 0.204. The van der Waals surface area contributed by atoms with Crippen LogP contribution in [0.1, 0.15) is 19.5 Å². The van der Waals surface area contributed by atoms with E-state index in [9.17, 15) is 5.11 Å². The summed E-state index contributed by atoms with van der Waals surface area (Å²) in [6, 6.07) is 3.43. The van der Waals surface area contributed by atoms with Crippen LogP contribution in [-0.2, 0) is 6.54 Å². The van der Waals surface area contributed by atoms with Crippen LogP contribution in [0.4, 0.5) is 0 Å². The van der Waals surface area contributed by atoms with Crippen molar-refractivity contribution in [3.8, 4) is 0 Å². The molecule has 1 aliphatic heterocycles. The minimum Gasteiger partial charge on any atom is -0.387 e. The number of β-amino-alcohol motifs (C(OH)–C–C–N with tert-alkyl or cyclic N) is 1. The van der Waals surface area contributed by atoms with Crippen molar-refractivity contribution in [3.63, 3.8) is 0 Å². The first-order valence-corrected chi connectivity index (χ1v) is 6.42. The largest absolute Gasteiger partial charge is 0.387 e. The molecule has 1 fully saturated rings. The number of pyridine rings is 1. The van der Waals surface area contributed by atoms with Gasteiger partial charge in [-0.15, -0.1) is 0 Å². The smallest absolute Gasteiger partial charge is 0.129 e. The lowest BCUT2D eigenvalue weighted by Crippen LogP contribution is -2.63. The molecule has 0 saturated carbocycles. The maximum Gasteiger partial charge on any atom is 0.129 e. The van der Waals surface area contributed by atoms with Crippen molar-refractivity contribution in [1.29, 1.82) is 0 Å². The molecule has 0 spiro atoms. The van der Waals surface area contributed by atoms with E-state index in [1.165, 1.54) is 0 Å². The first-order chi connectivity index (χ1) is 7.90. The zero-order valence-electron chi connectivity index (χ0n) is 9.95. The number of nitrogens with zero attached hydrogens (tertiary/aromatic N) is 2. The van der Waals surface area contributed by atoms with Crippen LogP contribution in [0, 0.1) is 5.92 Å². The van der Waals surface area contributed by atoms with E-state index >= 15 is 0 Å². The molecule has 1 aliphatic rings. The summed E-state index contributed by atoms with van der Waals surface area (Å²) in [5.74, 6) is 0.265. The molecule has 0 aromatic carbocycles. The fraction of sp³-hybridized carbons (Fsp3) is 0.583. The zero-order chi connectivity index (χ0) is 12.6. The molecule has 2 rings (SSSR count). The molecule has 1 aromatic rings. The fourth-order valence-corrected chi connectivity index (χ4v) is 2.32. The molecule has 0 bridgehead atoms. The number of aromatic nitrogens is 1. The fourth-order valence-electron chi connectivity index (χ4n) is 1.99. The Hall–Kier alpha value is -0.350. The van der Waals surface area contributed by atoms with Crippen LogP contribution in [0.2, 0.25) is 10.2 Å². The van der Waals surface area contributed by atoms with Crippen LogP contribution in [-0.4, -0.2) is 33.7 Å². The van der Waals surface area contributed by atoms with Crippen molar-refractivity contribution in [3.05, 3.63) is 28.0 Å². The van der Waals surface area contributed by atoms with E-state index in [0.29, 0.717) is 29.8 Å². The van der Waals surface area contributed by atoms with E-state index in [1.807, 2.05) is 13.8 Å². The molecule has 1 N–H and O–H groups in total. The molecule has 0 unspecified atom stereocenters. The van der Waals surface area contributed by atoms with Crippen molar-refractivity contribution in [2.24, 2.45) is 5.92 Å². The van der Waals surface area contributed by atoms with Gasteiger partial charge in [-0.1, -0.05) is 37.0 Å². The van der Waals surface area contributed by atoms with Crippen LogP contribution in [0.25, 0.3) is 0 Å². The van der Waals surface area contributed by atoms with Gasteiger partial charge in [-0.3, -0.25) is 4.90 Å². The normalized spacial score (nSPS) is 19.4. The highest BCUT2D eigenvalue weighted by Crippen LogP contribution is 2.30. The van der Waals surface area contributed by atoms with E-state index in [2.05, 4.69) is 9.88 Å². The van der Waals surface area contributed by atoms with Crippen LogP contribution in [0.5, 0.6) is 0 Å². The standard InChI is InChI=1S/C12H16Cl2N2O/c1-8(2)12(17)6-16(7-12)5-10-9(13)3-4-11(14)15-10/h3-4,8,17H,5-7H2,1-2H3. The Bertz CT molecular complexity index is 417. The maximum atomic E-state index is 10.1. The Morgan fingerprint density at radius 1 is 1.41 bits per heavy atom. The highest BCUT2D eigenvalue weighted by molar-refractivity contribution is 6.32. The van der Waals surface area contributed by atoms with Crippen LogP contribution < -0.4 is 0 Å². The number of hydrogen-bond acceptors (Lipinski definition) is 3. The van der Waals surface area contributed by atoms with Gasteiger partial charge in [0.15, 0.2) is 0 Å². The highest BCUT2D eigenvalue weighted by Gasteiger charge is 2.43. The lowest BCUT2D eigenvalue weighted by atomic mass is 9.83. The number of aliphatic hydroxyl groups is 1. The summed E-state index contributed by atoms with van der Waals surface area (Å²) in [6.07, 6.45) is 0. The molecule has 0 radical (unpaired) electrons. The van der Waals surface area contributed by atoms with Gasteiger partial charge in [-0.05, 0) is 18.1 Å². The Kier molecular flexibility index (Phi) is 3.64. The molecule has 1 saturated heterocycles. The second-order valence-electron chi connectivity index (χ2n) is 4.97. The van der Waals surface area contributed by atoms with E-state index < -0.39 is 5.60 Å². The maximum absolute atomic E-state index is 10.1. The predicted molar refractivity (Wildman–Crippen MR) is 69.3 cm³/mol. The summed E-state index contributed by atoms with van der Waals surface area (Å²) < 4.78 is 0. The molecular weight excluding hydrogens is 259 g/mol. The van der Waals surface area contributed by atoms with Gasteiger partial charge in [0, 0.05) is 19.6 Å².